The van der Waals surface area contributed by atoms with E-state index in [0.717, 1.165) is 12.8 Å². The monoisotopic (exact) mass is 635 g/mol. The molecule has 1 heterocycles. The number of hydrogen-bond acceptors (Lipinski definition) is 5. The van der Waals surface area contributed by atoms with Crippen molar-refractivity contribution < 1.29 is 27.3 Å². The van der Waals surface area contributed by atoms with Crippen molar-refractivity contribution in [2.24, 2.45) is 41.4 Å². The highest BCUT2D eigenvalue weighted by Gasteiger charge is 2.55. The summed E-state index contributed by atoms with van der Waals surface area (Å²) in [5.41, 5.74) is 0. The number of cyclic esters (lactones) is 1. The van der Waals surface area contributed by atoms with Crippen LogP contribution in [0.4, 0.5) is 0 Å². The van der Waals surface area contributed by atoms with Crippen molar-refractivity contribution in [3.05, 3.63) is 12.2 Å². The third kappa shape index (κ3) is 7.46. The first-order valence-electron chi connectivity index (χ1n) is 18.7. The van der Waals surface area contributed by atoms with Crippen molar-refractivity contribution in [1.29, 1.82) is 0 Å². The van der Waals surface area contributed by atoms with Gasteiger partial charge in [0.15, 0.2) is 16.6 Å². The third-order valence-corrected chi connectivity index (χ3v) is 21.3. The number of carbonyl (C=O) groups is 2. The molecule has 3 fully saturated rings. The lowest BCUT2D eigenvalue weighted by atomic mass is 9.71. The Kier molecular flexibility index (Phi) is 9.18. The average Bonchev–Trinajstić information content (AvgIpc) is 3.46. The van der Waals surface area contributed by atoms with E-state index in [2.05, 4.69) is 79.9 Å². The smallest absolute Gasteiger partial charge is 0.306 e. The van der Waals surface area contributed by atoms with E-state index in [1.54, 1.807) is 0 Å². The van der Waals surface area contributed by atoms with Gasteiger partial charge in [0.25, 0.3) is 0 Å². The van der Waals surface area contributed by atoms with Crippen molar-refractivity contribution in [1.82, 2.24) is 0 Å². The van der Waals surface area contributed by atoms with Gasteiger partial charge in [-0.1, -0.05) is 67.5 Å². The number of fused-ring (bicyclic) bond motifs is 5. The standard InChI is InChI=1S/C36H64O5Si2/c1-13-25-15-14-16-32(41-43(11,12)36(6,7)8)23(2)34(38)31-21-29-27(30(31)22-33(37)39-25)18-17-24-19-26(20-28(24)29)40-42(9,10)35(3,4)5/h17-18,23-32H,13-16,19-22H2,1-12H3/t23-,24-,25+,26-,27-,28-,29-,30+,31-,32-/m1/s1/i22D2,31D. The second-order valence-electron chi connectivity index (χ2n) is 17.2. The molecule has 4 rings (SSSR count). The molecule has 10 atom stereocenters. The lowest BCUT2D eigenvalue weighted by Gasteiger charge is -2.41. The SMILES string of the molecule is [2H]C1([2H])C(=O)O[C@@H](CC)CCC[C@@H](O[Si](C)(C)C(C)(C)C)[C@@H](C)C(=O)[C@]2([2H])C[C@@H]3[C@@H](C=C[C@@H]4C[C@@H](O[Si](C)(C)C(C)(C)C)C[C@@H]34)[C@H]12. The summed E-state index contributed by atoms with van der Waals surface area (Å²) in [5, 5.41) is 0.0448. The second-order valence-corrected chi connectivity index (χ2v) is 26.7. The van der Waals surface area contributed by atoms with E-state index in [1.165, 1.54) is 0 Å². The van der Waals surface area contributed by atoms with Gasteiger partial charge < -0.3 is 13.6 Å². The number of carbonyl (C=O) groups excluding carboxylic acids is 2. The van der Waals surface area contributed by atoms with Crippen molar-refractivity contribution in [3.63, 3.8) is 0 Å². The Balaban J connectivity index is 1.74. The molecule has 0 aromatic heterocycles. The fourth-order valence-electron chi connectivity index (χ4n) is 7.48. The highest BCUT2D eigenvalue weighted by atomic mass is 28.4. The van der Waals surface area contributed by atoms with Gasteiger partial charge >= 0.3 is 5.97 Å². The molecule has 0 radical (unpaired) electrons. The largest absolute Gasteiger partial charge is 0.462 e. The highest BCUT2D eigenvalue weighted by molar-refractivity contribution is 6.74. The normalized spacial score (nSPS) is 42.0. The Bertz CT molecular complexity index is 1180. The zero-order valence-electron chi connectivity index (χ0n) is 32.3. The molecule has 0 aromatic rings. The molecule has 246 valence electrons. The molecule has 0 aromatic carbocycles. The van der Waals surface area contributed by atoms with Crippen LogP contribution in [-0.2, 0) is 23.2 Å². The summed E-state index contributed by atoms with van der Waals surface area (Å²) >= 11 is 0. The lowest BCUT2D eigenvalue weighted by Crippen LogP contribution is -2.47. The molecule has 1 saturated heterocycles. The Morgan fingerprint density at radius 2 is 1.53 bits per heavy atom. The summed E-state index contributed by atoms with van der Waals surface area (Å²) in [5.74, 6) is -4.70. The van der Waals surface area contributed by atoms with Crippen LogP contribution in [0.2, 0.25) is 36.3 Å². The Morgan fingerprint density at radius 3 is 2.14 bits per heavy atom. The highest BCUT2D eigenvalue weighted by Crippen LogP contribution is 2.57. The first kappa shape index (κ1) is 30.9. The molecule has 3 aliphatic carbocycles. The number of ether oxygens (including phenoxy) is 1. The summed E-state index contributed by atoms with van der Waals surface area (Å²) in [4.78, 5) is 28.5. The van der Waals surface area contributed by atoms with E-state index in [4.69, 9.17) is 13.6 Å². The zero-order chi connectivity index (χ0) is 34.8. The molecule has 2 saturated carbocycles. The van der Waals surface area contributed by atoms with Crippen molar-refractivity contribution in [2.75, 3.05) is 0 Å². The van der Waals surface area contributed by atoms with Crippen LogP contribution in [0.25, 0.3) is 0 Å². The minimum atomic E-state index is -2.48. The van der Waals surface area contributed by atoms with Crippen molar-refractivity contribution >= 4 is 28.4 Å². The molecule has 43 heavy (non-hydrogen) atoms. The third-order valence-electron chi connectivity index (χ3n) is 12.3. The number of hydrogen-bond donors (Lipinski definition) is 0. The van der Waals surface area contributed by atoms with Gasteiger partial charge in [-0.25, -0.2) is 0 Å². The number of ketones is 1. The summed E-state index contributed by atoms with van der Waals surface area (Å²) in [7, 11) is -4.26. The minimum Gasteiger partial charge on any atom is -0.462 e. The van der Waals surface area contributed by atoms with Crippen LogP contribution in [-0.4, -0.2) is 46.7 Å². The van der Waals surface area contributed by atoms with E-state index in [0.29, 0.717) is 25.7 Å². The Labute approximate surface area is 270 Å². The fraction of sp³-hybridized carbons (Fsp3) is 0.889. The summed E-state index contributed by atoms with van der Waals surface area (Å²) in [6, 6.07) is 0. The second kappa shape index (κ2) is 12.8. The van der Waals surface area contributed by atoms with Crippen LogP contribution in [0.3, 0.4) is 0 Å². The number of Topliss-reactive ketones (excluding diaryl/α,β-unsaturated/α-hetero) is 1. The summed E-state index contributed by atoms with van der Waals surface area (Å²) in [6.45, 7) is 26.2. The van der Waals surface area contributed by atoms with E-state index < -0.39 is 58.7 Å². The summed E-state index contributed by atoms with van der Waals surface area (Å²) < 4.78 is 48.3. The van der Waals surface area contributed by atoms with Crippen LogP contribution >= 0.6 is 0 Å². The fourth-order valence-corrected chi connectivity index (χ4v) is 10.3. The van der Waals surface area contributed by atoms with Crippen LogP contribution in [0, 0.1) is 41.4 Å². The lowest BCUT2D eigenvalue weighted by molar-refractivity contribution is -0.152. The summed E-state index contributed by atoms with van der Waals surface area (Å²) in [6.07, 6.45) is 5.63. The van der Waals surface area contributed by atoms with Crippen LogP contribution < -0.4 is 0 Å². The van der Waals surface area contributed by atoms with Gasteiger partial charge in [-0.15, -0.1) is 0 Å². The van der Waals surface area contributed by atoms with Crippen LogP contribution in [0.15, 0.2) is 12.2 Å². The molecular formula is C36H64O5Si2. The molecule has 0 N–H and O–H groups in total. The molecular weight excluding hydrogens is 569 g/mol. The molecule has 4 aliphatic rings. The van der Waals surface area contributed by atoms with E-state index in [9.17, 15) is 13.7 Å². The Hall–Kier alpha value is -0.766. The predicted molar refractivity (Wildman–Crippen MR) is 181 cm³/mol. The molecule has 7 heteroatoms. The van der Waals surface area contributed by atoms with E-state index >= 15 is 0 Å². The topological polar surface area (TPSA) is 61.8 Å². The van der Waals surface area contributed by atoms with Crippen LogP contribution in [0.1, 0.15) is 111 Å². The number of rotatable bonds is 5. The van der Waals surface area contributed by atoms with Gasteiger partial charge in [0, 0.05) is 28.4 Å². The van der Waals surface area contributed by atoms with Gasteiger partial charge in [0.1, 0.15) is 11.9 Å². The predicted octanol–water partition coefficient (Wildman–Crippen LogP) is 9.33. The molecule has 0 amide bonds. The first-order chi connectivity index (χ1) is 20.9. The average molecular weight is 636 g/mol. The molecule has 1 aliphatic heterocycles. The van der Waals surface area contributed by atoms with Crippen molar-refractivity contribution in [3.8, 4) is 0 Å². The maximum Gasteiger partial charge on any atom is 0.306 e. The van der Waals surface area contributed by atoms with Gasteiger partial charge in [0.05, 0.1) is 6.10 Å². The van der Waals surface area contributed by atoms with Gasteiger partial charge in [-0.3, -0.25) is 9.59 Å². The van der Waals surface area contributed by atoms with E-state index in [1.807, 2.05) is 13.8 Å². The maximum atomic E-state index is 14.8. The quantitative estimate of drug-likeness (QED) is 0.171. The van der Waals surface area contributed by atoms with Gasteiger partial charge in [-0.05, 0) is 111 Å². The van der Waals surface area contributed by atoms with E-state index in [-0.39, 0.29) is 52.2 Å². The molecule has 0 unspecified atom stereocenters. The Morgan fingerprint density at radius 1 is 0.907 bits per heavy atom. The molecule has 0 spiro atoms. The zero-order valence-corrected chi connectivity index (χ0v) is 31.3. The number of esters is 1. The van der Waals surface area contributed by atoms with Crippen LogP contribution in [0.5, 0.6) is 0 Å². The van der Waals surface area contributed by atoms with Gasteiger partial charge in [0.2, 0.25) is 0 Å². The molecule has 5 nitrogen and oxygen atoms in total. The van der Waals surface area contributed by atoms with Crippen molar-refractivity contribution in [2.45, 2.75) is 161 Å². The first-order valence-corrected chi connectivity index (χ1v) is 23.0. The maximum absolute atomic E-state index is 14.8. The minimum absolute atomic E-state index is 0.0484. The number of allylic oxidation sites excluding steroid dienone is 2. The molecule has 0 bridgehead atoms. The van der Waals surface area contributed by atoms with Gasteiger partial charge in [-0.2, -0.15) is 0 Å².